The van der Waals surface area contributed by atoms with Gasteiger partial charge in [-0.2, -0.15) is 0 Å². The Bertz CT molecular complexity index is 1140. The van der Waals surface area contributed by atoms with Gasteiger partial charge in [0.15, 0.2) is 0 Å². The topological polar surface area (TPSA) is 100 Å². The molecule has 4 rings (SSSR count). The molecule has 0 spiro atoms. The van der Waals surface area contributed by atoms with Crippen LogP contribution in [0.1, 0.15) is 54.0 Å². The first-order valence-corrected chi connectivity index (χ1v) is 11.5. The van der Waals surface area contributed by atoms with Crippen molar-refractivity contribution in [3.05, 3.63) is 99.9 Å². The lowest BCUT2D eigenvalue weighted by atomic mass is 10.1. The lowest BCUT2D eigenvalue weighted by Crippen LogP contribution is -2.37. The Hall–Kier alpha value is -3.78. The molecule has 2 aromatic carbocycles. The van der Waals surface area contributed by atoms with Gasteiger partial charge in [-0.1, -0.05) is 36.4 Å². The first kappa shape index (κ1) is 23.4. The van der Waals surface area contributed by atoms with Crippen LogP contribution in [-0.2, 0) is 0 Å². The highest BCUT2D eigenvalue weighted by Gasteiger charge is 2.28. The van der Waals surface area contributed by atoms with Crippen LogP contribution in [0.3, 0.4) is 0 Å². The summed E-state index contributed by atoms with van der Waals surface area (Å²) in [5.74, 6) is -0.299. The number of carbonyl (C=O) groups excluding carboxylic acids is 1. The number of likely N-dealkylation sites (tertiary alicyclic amines) is 1. The molecule has 8 nitrogen and oxygen atoms in total. The van der Waals surface area contributed by atoms with Crippen LogP contribution in [0.25, 0.3) is 0 Å². The van der Waals surface area contributed by atoms with Gasteiger partial charge in [-0.3, -0.25) is 24.8 Å². The Kier molecular flexibility index (Phi) is 7.18. The van der Waals surface area contributed by atoms with Gasteiger partial charge < -0.3 is 10.6 Å². The molecular weight excluding hydrogens is 430 g/mol. The minimum atomic E-state index is -0.469. The van der Waals surface area contributed by atoms with Crippen molar-refractivity contribution in [1.82, 2.24) is 15.2 Å². The molecule has 3 atom stereocenters. The lowest BCUT2D eigenvalue weighted by Gasteiger charge is -2.24. The van der Waals surface area contributed by atoms with E-state index in [2.05, 4.69) is 39.6 Å². The van der Waals surface area contributed by atoms with Gasteiger partial charge in [-0.15, -0.1) is 0 Å². The van der Waals surface area contributed by atoms with E-state index < -0.39 is 4.92 Å². The molecule has 1 aliphatic heterocycles. The highest BCUT2D eigenvalue weighted by Crippen LogP contribution is 2.29. The predicted molar refractivity (Wildman–Crippen MR) is 132 cm³/mol. The molecule has 0 bridgehead atoms. The van der Waals surface area contributed by atoms with Gasteiger partial charge in [-0.25, -0.2) is 0 Å². The fraction of sp³-hybridized carbons (Fsp3) is 0.308. The number of amides is 1. The molecule has 2 heterocycles. The van der Waals surface area contributed by atoms with Crippen molar-refractivity contribution in [3.8, 4) is 0 Å². The smallest absolute Gasteiger partial charge is 0.293 e. The van der Waals surface area contributed by atoms with Gasteiger partial charge in [0.25, 0.3) is 11.6 Å². The predicted octanol–water partition coefficient (Wildman–Crippen LogP) is 4.73. The van der Waals surface area contributed by atoms with Crippen molar-refractivity contribution in [2.24, 2.45) is 0 Å². The SMILES string of the molecule is CC(Nc1ccc(C(=O)NC2CCN(C(C)c3ccccc3)C2)cc1[N+](=O)[O-])c1ccccn1. The minimum Gasteiger partial charge on any atom is -0.371 e. The number of benzene rings is 2. The number of aromatic nitrogens is 1. The third-order valence-corrected chi connectivity index (χ3v) is 6.34. The molecule has 0 aliphatic carbocycles. The molecular formula is C26H29N5O3. The number of hydrogen-bond donors (Lipinski definition) is 2. The zero-order valence-electron chi connectivity index (χ0n) is 19.3. The maximum Gasteiger partial charge on any atom is 0.293 e. The summed E-state index contributed by atoms with van der Waals surface area (Å²) in [7, 11) is 0. The highest BCUT2D eigenvalue weighted by molar-refractivity contribution is 5.96. The van der Waals surface area contributed by atoms with Crippen molar-refractivity contribution in [2.45, 2.75) is 38.4 Å². The summed E-state index contributed by atoms with van der Waals surface area (Å²) < 4.78 is 0. The first-order chi connectivity index (χ1) is 16.4. The van der Waals surface area contributed by atoms with Gasteiger partial charge in [-0.05, 0) is 50.1 Å². The Morgan fingerprint density at radius 2 is 1.88 bits per heavy atom. The summed E-state index contributed by atoms with van der Waals surface area (Å²) >= 11 is 0. The standard InChI is InChI=1S/C26H29N5O3/c1-18(23-10-6-7-14-27-23)28-24-12-11-21(16-25(24)31(33)34)26(32)29-22-13-15-30(17-22)19(2)20-8-4-3-5-9-20/h3-12,14,16,18-19,22,28H,13,15,17H2,1-2H3,(H,29,32). The molecule has 1 fully saturated rings. The van der Waals surface area contributed by atoms with E-state index in [1.54, 1.807) is 18.3 Å². The van der Waals surface area contributed by atoms with Crippen LogP contribution in [0.15, 0.2) is 72.9 Å². The van der Waals surface area contributed by atoms with Crippen LogP contribution in [0.4, 0.5) is 11.4 Å². The molecule has 8 heteroatoms. The van der Waals surface area contributed by atoms with Crippen molar-refractivity contribution < 1.29 is 9.72 Å². The third-order valence-electron chi connectivity index (χ3n) is 6.34. The number of nitrogens with zero attached hydrogens (tertiary/aromatic N) is 3. The van der Waals surface area contributed by atoms with Crippen LogP contribution in [0, 0.1) is 10.1 Å². The van der Waals surface area contributed by atoms with Crippen LogP contribution < -0.4 is 10.6 Å². The van der Waals surface area contributed by atoms with Crippen LogP contribution >= 0.6 is 0 Å². The largest absolute Gasteiger partial charge is 0.371 e. The highest BCUT2D eigenvalue weighted by atomic mass is 16.6. The average molecular weight is 460 g/mol. The number of pyridine rings is 1. The van der Waals surface area contributed by atoms with E-state index in [1.165, 1.54) is 11.6 Å². The molecule has 0 saturated carbocycles. The van der Waals surface area contributed by atoms with Crippen molar-refractivity contribution in [1.29, 1.82) is 0 Å². The number of nitro groups is 1. The van der Waals surface area contributed by atoms with Crippen molar-refractivity contribution >= 4 is 17.3 Å². The fourth-order valence-corrected chi connectivity index (χ4v) is 4.35. The number of hydrogen-bond acceptors (Lipinski definition) is 6. The monoisotopic (exact) mass is 459 g/mol. The van der Waals surface area contributed by atoms with Gasteiger partial charge in [0.05, 0.1) is 16.7 Å². The van der Waals surface area contributed by atoms with E-state index in [1.807, 2.05) is 43.3 Å². The lowest BCUT2D eigenvalue weighted by molar-refractivity contribution is -0.384. The summed E-state index contributed by atoms with van der Waals surface area (Å²) in [6.07, 6.45) is 2.52. The average Bonchev–Trinajstić information content (AvgIpc) is 3.33. The summed E-state index contributed by atoms with van der Waals surface area (Å²) in [5.41, 5.74) is 2.50. The Labute approximate surface area is 199 Å². The molecule has 1 aliphatic rings. The Balaban J connectivity index is 1.41. The Morgan fingerprint density at radius 1 is 1.12 bits per heavy atom. The molecule has 3 unspecified atom stereocenters. The molecule has 176 valence electrons. The van der Waals surface area contributed by atoms with E-state index in [0.29, 0.717) is 5.69 Å². The minimum absolute atomic E-state index is 0.000280. The normalized spacial score (nSPS) is 17.6. The number of nitrogens with one attached hydrogen (secondary N) is 2. The molecule has 0 radical (unpaired) electrons. The first-order valence-electron chi connectivity index (χ1n) is 11.5. The molecule has 1 amide bonds. The van der Waals surface area contributed by atoms with Crippen molar-refractivity contribution in [3.63, 3.8) is 0 Å². The molecule has 2 N–H and O–H groups in total. The number of carbonyl (C=O) groups is 1. The summed E-state index contributed by atoms with van der Waals surface area (Å²) in [6, 6.07) is 20.4. The van der Waals surface area contributed by atoms with Gasteiger partial charge in [0.1, 0.15) is 5.69 Å². The zero-order valence-corrected chi connectivity index (χ0v) is 19.3. The number of rotatable bonds is 8. The molecule has 1 saturated heterocycles. The van der Waals surface area contributed by atoms with Gasteiger partial charge in [0.2, 0.25) is 0 Å². The maximum atomic E-state index is 12.9. The molecule has 1 aromatic heterocycles. The second-order valence-corrected chi connectivity index (χ2v) is 8.65. The second-order valence-electron chi connectivity index (χ2n) is 8.65. The number of nitro benzene ring substituents is 1. The summed E-state index contributed by atoms with van der Waals surface area (Å²) in [5, 5.41) is 17.9. The van der Waals surface area contributed by atoms with E-state index in [4.69, 9.17) is 0 Å². The third kappa shape index (κ3) is 5.40. The maximum absolute atomic E-state index is 12.9. The number of anilines is 1. The van der Waals surface area contributed by atoms with E-state index in [9.17, 15) is 14.9 Å². The second kappa shape index (κ2) is 10.4. The van der Waals surface area contributed by atoms with Gasteiger partial charge in [0, 0.05) is 43.0 Å². The van der Waals surface area contributed by atoms with Gasteiger partial charge >= 0.3 is 0 Å². The zero-order chi connectivity index (χ0) is 24.1. The van der Waals surface area contributed by atoms with Crippen LogP contribution in [-0.4, -0.2) is 39.8 Å². The Morgan fingerprint density at radius 3 is 2.59 bits per heavy atom. The van der Waals surface area contributed by atoms with E-state index in [-0.39, 0.29) is 35.3 Å². The van der Waals surface area contributed by atoms with Crippen LogP contribution in [0.2, 0.25) is 0 Å². The van der Waals surface area contributed by atoms with Crippen molar-refractivity contribution in [2.75, 3.05) is 18.4 Å². The van der Waals surface area contributed by atoms with Crippen LogP contribution in [0.5, 0.6) is 0 Å². The molecule has 3 aromatic rings. The fourth-order valence-electron chi connectivity index (χ4n) is 4.35. The molecule has 34 heavy (non-hydrogen) atoms. The summed E-state index contributed by atoms with van der Waals surface area (Å²) in [6.45, 7) is 5.68. The van der Waals surface area contributed by atoms with E-state index >= 15 is 0 Å². The summed E-state index contributed by atoms with van der Waals surface area (Å²) in [4.78, 5) is 30.8. The van der Waals surface area contributed by atoms with E-state index in [0.717, 1.165) is 25.2 Å². The quantitative estimate of drug-likeness (QED) is 0.373.